The topological polar surface area (TPSA) is 106 Å². The van der Waals surface area contributed by atoms with Crippen LogP contribution in [0.15, 0.2) is 12.1 Å². The predicted octanol–water partition coefficient (Wildman–Crippen LogP) is 2.22. The molecular weight excluding hydrogens is 346 g/mol. The van der Waals surface area contributed by atoms with Gasteiger partial charge in [-0.15, -0.1) is 0 Å². The molecule has 0 atom stereocenters. The number of likely N-dealkylation sites (N-methyl/N-ethyl adjacent to an activating group) is 1. The second kappa shape index (κ2) is 7.60. The number of benzene rings is 1. The van der Waals surface area contributed by atoms with Crippen molar-refractivity contribution in [3.63, 3.8) is 0 Å². The molecule has 3 N–H and O–H groups in total. The van der Waals surface area contributed by atoms with E-state index in [4.69, 9.17) is 19.9 Å². The molecule has 0 amide bonds. The Kier molecular flexibility index (Phi) is 5.23. The molecule has 0 spiro atoms. The van der Waals surface area contributed by atoms with Crippen molar-refractivity contribution in [3.05, 3.63) is 28.8 Å². The number of rotatable bonds is 6. The van der Waals surface area contributed by atoms with Crippen LogP contribution < -0.4 is 25.3 Å². The van der Waals surface area contributed by atoms with E-state index in [1.165, 1.54) is 0 Å². The lowest BCUT2D eigenvalue weighted by Gasteiger charge is -2.25. The predicted molar refractivity (Wildman–Crippen MR) is 103 cm³/mol. The molecule has 0 unspecified atom stereocenters. The van der Waals surface area contributed by atoms with Gasteiger partial charge in [-0.1, -0.05) is 0 Å². The molecule has 0 saturated carbocycles. The van der Waals surface area contributed by atoms with Gasteiger partial charge in [0.05, 0.1) is 19.9 Å². The van der Waals surface area contributed by atoms with Crippen LogP contribution in [0, 0.1) is 11.3 Å². The average Bonchev–Trinajstić information content (AvgIpc) is 2.65. The normalized spacial score (nSPS) is 11.9. The molecule has 142 valence electrons. The number of nitrogen functional groups attached to an aromatic ring is 1. The van der Waals surface area contributed by atoms with E-state index in [9.17, 15) is 5.26 Å². The van der Waals surface area contributed by atoms with Gasteiger partial charge in [0.15, 0.2) is 11.5 Å². The van der Waals surface area contributed by atoms with Gasteiger partial charge in [-0.05, 0) is 20.2 Å². The zero-order valence-corrected chi connectivity index (χ0v) is 15.9. The molecular formula is C19H23N5O3. The monoisotopic (exact) mass is 369 g/mol. The molecule has 0 aliphatic carbocycles. The third kappa shape index (κ3) is 3.55. The number of fused-ring (bicyclic) bond motifs is 2. The molecule has 8 heteroatoms. The first kappa shape index (κ1) is 18.6. The number of nitrogens with one attached hydrogen (secondary N) is 1. The minimum atomic E-state index is 0.146. The third-order valence-electron chi connectivity index (χ3n) is 4.40. The largest absolute Gasteiger partial charge is 0.493 e. The fraction of sp³-hybridized carbons (Fsp3) is 0.368. The Bertz CT molecular complexity index is 905. The van der Waals surface area contributed by atoms with Gasteiger partial charge in [0.1, 0.15) is 23.2 Å². The molecule has 0 bridgehead atoms. The lowest BCUT2D eigenvalue weighted by molar-refractivity contribution is 0.349. The van der Waals surface area contributed by atoms with E-state index in [1.54, 1.807) is 20.3 Å². The molecule has 1 aromatic carbocycles. The number of nitrogens with zero attached hydrogens (tertiary/aromatic N) is 3. The minimum Gasteiger partial charge on any atom is -0.493 e. The molecule has 1 aliphatic rings. The number of nitrogens with two attached hydrogens (primary N) is 1. The number of pyridine rings is 1. The molecule has 0 saturated heterocycles. The Morgan fingerprint density at radius 3 is 2.63 bits per heavy atom. The Balaban J connectivity index is 2.04. The molecule has 1 aromatic heterocycles. The zero-order valence-electron chi connectivity index (χ0n) is 15.9. The van der Waals surface area contributed by atoms with Crippen molar-refractivity contribution in [2.75, 3.05) is 52.5 Å². The van der Waals surface area contributed by atoms with Gasteiger partial charge in [0.2, 0.25) is 5.88 Å². The first-order valence-corrected chi connectivity index (χ1v) is 8.52. The van der Waals surface area contributed by atoms with Crippen molar-refractivity contribution >= 4 is 11.5 Å². The standard InChI is InChI=1S/C19H23N5O3/c1-24(2)6-5-22-17-12-7-11-8-15(25-3)16(26-4)9-14(11)27-19(12)23-18(21)13(17)10-20/h8-9H,5-7H2,1-4H3,(H3,21,22,23). The molecule has 8 nitrogen and oxygen atoms in total. The van der Waals surface area contributed by atoms with Crippen LogP contribution in [0.2, 0.25) is 0 Å². The smallest absolute Gasteiger partial charge is 0.226 e. The number of ether oxygens (including phenoxy) is 3. The van der Waals surface area contributed by atoms with Gasteiger partial charge in [0.25, 0.3) is 0 Å². The molecule has 3 rings (SSSR count). The molecule has 0 radical (unpaired) electrons. The van der Waals surface area contributed by atoms with Crippen LogP contribution in [0.5, 0.6) is 23.1 Å². The lowest BCUT2D eigenvalue weighted by Crippen LogP contribution is -2.22. The molecule has 2 heterocycles. The number of hydrogen-bond donors (Lipinski definition) is 2. The molecule has 2 aromatic rings. The first-order valence-electron chi connectivity index (χ1n) is 8.52. The van der Waals surface area contributed by atoms with Gasteiger partial charge in [-0.3, -0.25) is 0 Å². The zero-order chi connectivity index (χ0) is 19.6. The van der Waals surface area contributed by atoms with Crippen LogP contribution in [-0.2, 0) is 6.42 Å². The second-order valence-corrected chi connectivity index (χ2v) is 6.47. The maximum Gasteiger partial charge on any atom is 0.226 e. The minimum absolute atomic E-state index is 0.146. The highest BCUT2D eigenvalue weighted by molar-refractivity contribution is 5.74. The van der Waals surface area contributed by atoms with Crippen molar-refractivity contribution in [1.29, 1.82) is 5.26 Å². The van der Waals surface area contributed by atoms with Crippen molar-refractivity contribution in [2.24, 2.45) is 0 Å². The van der Waals surface area contributed by atoms with Crippen molar-refractivity contribution < 1.29 is 14.2 Å². The van der Waals surface area contributed by atoms with E-state index in [1.807, 2.05) is 20.2 Å². The van der Waals surface area contributed by atoms with Crippen LogP contribution in [0.3, 0.4) is 0 Å². The van der Waals surface area contributed by atoms with Gasteiger partial charge in [-0.25, -0.2) is 0 Å². The Hall–Kier alpha value is -3.18. The number of aromatic nitrogens is 1. The summed E-state index contributed by atoms with van der Waals surface area (Å²) in [6.45, 7) is 1.47. The van der Waals surface area contributed by atoms with E-state index < -0.39 is 0 Å². The van der Waals surface area contributed by atoms with Crippen LogP contribution in [0.25, 0.3) is 0 Å². The maximum absolute atomic E-state index is 9.56. The summed E-state index contributed by atoms with van der Waals surface area (Å²) in [6, 6.07) is 5.80. The summed E-state index contributed by atoms with van der Waals surface area (Å²) < 4.78 is 16.7. The summed E-state index contributed by atoms with van der Waals surface area (Å²) in [5, 5.41) is 12.9. The van der Waals surface area contributed by atoms with Gasteiger partial charge in [0, 0.05) is 36.7 Å². The highest BCUT2D eigenvalue weighted by atomic mass is 16.5. The highest BCUT2D eigenvalue weighted by Crippen LogP contribution is 2.45. The Morgan fingerprint density at radius 1 is 1.30 bits per heavy atom. The number of methoxy groups -OCH3 is 2. The van der Waals surface area contributed by atoms with E-state index in [0.717, 1.165) is 17.7 Å². The molecule has 1 aliphatic heterocycles. The van der Waals surface area contributed by atoms with Gasteiger partial charge in [-0.2, -0.15) is 10.2 Å². The van der Waals surface area contributed by atoms with E-state index in [2.05, 4.69) is 21.3 Å². The van der Waals surface area contributed by atoms with E-state index in [-0.39, 0.29) is 5.82 Å². The summed E-state index contributed by atoms with van der Waals surface area (Å²) in [4.78, 5) is 6.35. The van der Waals surface area contributed by atoms with Crippen LogP contribution in [-0.4, -0.2) is 51.3 Å². The summed E-state index contributed by atoms with van der Waals surface area (Å²) in [5.74, 6) is 2.38. The SMILES string of the molecule is COc1cc2c(cc1OC)Oc1nc(N)c(C#N)c(NCCN(C)C)c1C2. The van der Waals surface area contributed by atoms with Crippen molar-refractivity contribution in [1.82, 2.24) is 9.88 Å². The molecule has 0 fully saturated rings. The molecule has 27 heavy (non-hydrogen) atoms. The quantitative estimate of drug-likeness (QED) is 0.681. The fourth-order valence-corrected chi connectivity index (χ4v) is 3.01. The first-order chi connectivity index (χ1) is 13.0. The van der Waals surface area contributed by atoms with Gasteiger partial charge < -0.3 is 30.2 Å². The Labute approximate surface area is 158 Å². The van der Waals surface area contributed by atoms with Crippen LogP contribution in [0.4, 0.5) is 11.5 Å². The number of nitriles is 1. The Morgan fingerprint density at radius 2 is 2.00 bits per heavy atom. The van der Waals surface area contributed by atoms with Crippen molar-refractivity contribution in [2.45, 2.75) is 6.42 Å². The highest BCUT2D eigenvalue weighted by Gasteiger charge is 2.27. The summed E-state index contributed by atoms with van der Waals surface area (Å²) in [6.07, 6.45) is 0.539. The van der Waals surface area contributed by atoms with Crippen molar-refractivity contribution in [3.8, 4) is 29.2 Å². The van der Waals surface area contributed by atoms with Gasteiger partial charge >= 0.3 is 0 Å². The van der Waals surface area contributed by atoms with Crippen LogP contribution >= 0.6 is 0 Å². The number of hydrogen-bond acceptors (Lipinski definition) is 8. The average molecular weight is 369 g/mol. The third-order valence-corrected chi connectivity index (χ3v) is 4.40. The lowest BCUT2D eigenvalue weighted by atomic mass is 9.98. The summed E-state index contributed by atoms with van der Waals surface area (Å²) >= 11 is 0. The second-order valence-electron chi connectivity index (χ2n) is 6.47. The maximum atomic E-state index is 9.56. The summed E-state index contributed by atoms with van der Waals surface area (Å²) in [7, 11) is 7.14. The van der Waals surface area contributed by atoms with E-state index >= 15 is 0 Å². The summed E-state index contributed by atoms with van der Waals surface area (Å²) in [5.41, 5.74) is 8.73. The van der Waals surface area contributed by atoms with E-state index in [0.29, 0.717) is 47.3 Å². The number of anilines is 2. The van der Waals surface area contributed by atoms with Crippen LogP contribution in [0.1, 0.15) is 16.7 Å². The fourth-order valence-electron chi connectivity index (χ4n) is 3.01.